The molecule has 0 unspecified atom stereocenters. The fourth-order valence-electron chi connectivity index (χ4n) is 7.02. The summed E-state index contributed by atoms with van der Waals surface area (Å²) < 4.78 is 0. The number of benzene rings is 1. The summed E-state index contributed by atoms with van der Waals surface area (Å²) in [6.45, 7) is 1.45. The van der Waals surface area contributed by atoms with Crippen molar-refractivity contribution in [3.63, 3.8) is 0 Å². The van der Waals surface area contributed by atoms with Gasteiger partial charge in [0.2, 0.25) is 23.6 Å². The van der Waals surface area contributed by atoms with Crippen molar-refractivity contribution in [2.75, 3.05) is 10.6 Å². The van der Waals surface area contributed by atoms with E-state index in [1.54, 1.807) is 29.2 Å². The molecule has 3 saturated carbocycles. The number of rotatable bonds is 4. The van der Waals surface area contributed by atoms with Gasteiger partial charge in [-0.1, -0.05) is 12.2 Å². The quantitative estimate of drug-likeness (QED) is 0.547. The Bertz CT molecular complexity index is 1020. The van der Waals surface area contributed by atoms with Crippen molar-refractivity contribution in [2.45, 2.75) is 45.1 Å². The number of imide groups is 1. The lowest BCUT2D eigenvalue weighted by Crippen LogP contribution is -2.44. The molecule has 4 amide bonds. The van der Waals surface area contributed by atoms with Gasteiger partial charge in [-0.25, -0.2) is 0 Å². The molecule has 4 fully saturated rings. The van der Waals surface area contributed by atoms with E-state index in [9.17, 15) is 19.2 Å². The minimum Gasteiger partial charge on any atom is -0.326 e. The Labute approximate surface area is 193 Å². The molecule has 1 heterocycles. The highest BCUT2D eigenvalue weighted by atomic mass is 16.2. The van der Waals surface area contributed by atoms with Crippen molar-refractivity contribution in [1.29, 1.82) is 0 Å². The molecule has 1 aromatic rings. The normalized spacial score (nSPS) is 38.0. The molecule has 0 radical (unpaired) electrons. The van der Waals surface area contributed by atoms with E-state index in [4.69, 9.17) is 0 Å². The van der Waals surface area contributed by atoms with E-state index in [0.29, 0.717) is 48.9 Å². The van der Waals surface area contributed by atoms with Crippen LogP contribution in [0.4, 0.5) is 11.4 Å². The number of hydrogen-bond donors (Lipinski definition) is 2. The van der Waals surface area contributed by atoms with Gasteiger partial charge in [-0.2, -0.15) is 0 Å². The third kappa shape index (κ3) is 3.31. The van der Waals surface area contributed by atoms with Gasteiger partial charge in [-0.3, -0.25) is 24.1 Å². The van der Waals surface area contributed by atoms with Gasteiger partial charge in [0.1, 0.15) is 0 Å². The molecular formula is C26H29N3O4. The monoisotopic (exact) mass is 447 g/mol. The zero-order valence-corrected chi connectivity index (χ0v) is 18.7. The van der Waals surface area contributed by atoms with Crippen LogP contribution in [0.15, 0.2) is 36.4 Å². The smallest absolute Gasteiger partial charge is 0.233 e. The molecule has 2 N–H and O–H groups in total. The van der Waals surface area contributed by atoms with E-state index in [-0.39, 0.29) is 59.3 Å². The first-order chi connectivity index (χ1) is 15.9. The van der Waals surface area contributed by atoms with E-state index in [1.165, 1.54) is 13.3 Å². The molecule has 33 heavy (non-hydrogen) atoms. The Morgan fingerprint density at radius 1 is 0.818 bits per heavy atom. The zero-order chi connectivity index (χ0) is 22.9. The summed E-state index contributed by atoms with van der Waals surface area (Å²) in [7, 11) is 0. The second kappa shape index (κ2) is 7.54. The van der Waals surface area contributed by atoms with Crippen LogP contribution >= 0.6 is 0 Å². The summed E-state index contributed by atoms with van der Waals surface area (Å²) in [6, 6.07) is 6.97. The molecule has 1 aliphatic heterocycles. The molecule has 2 bridgehead atoms. The molecule has 5 aliphatic carbocycles. The first-order valence-electron chi connectivity index (χ1n) is 12.2. The third-order valence-electron chi connectivity index (χ3n) is 8.60. The number of carbonyl (C=O) groups excluding carboxylic acids is 4. The summed E-state index contributed by atoms with van der Waals surface area (Å²) in [5, 5.41) is 5.66. The van der Waals surface area contributed by atoms with Gasteiger partial charge < -0.3 is 10.6 Å². The lowest BCUT2D eigenvalue weighted by molar-refractivity contribution is -0.144. The predicted molar refractivity (Wildman–Crippen MR) is 122 cm³/mol. The van der Waals surface area contributed by atoms with Crippen molar-refractivity contribution in [3.8, 4) is 0 Å². The maximum absolute atomic E-state index is 13.3. The Hall–Kier alpha value is -2.96. The number of likely N-dealkylation sites (tertiary alicyclic amines) is 1. The van der Waals surface area contributed by atoms with E-state index in [2.05, 4.69) is 22.8 Å². The standard InChI is InChI=1S/C26H29N3O4/c1-13(30)27-15-4-6-16(7-5-15)28-24(31)14-2-8-17(9-3-14)29-25(32)22-18-10-11-19(21-12-20(18)21)23(22)26(29)33/h4-7,10-11,14,17-23H,2-3,8-9,12H2,1H3,(H,27,30)(H,28,31)/t14?,17?,18-,19-,20-,21+,22-,23+/m1/s1. The zero-order valence-electron chi connectivity index (χ0n) is 18.7. The van der Waals surface area contributed by atoms with Crippen molar-refractivity contribution < 1.29 is 19.2 Å². The average molecular weight is 448 g/mol. The number of allylic oxidation sites excluding steroid dienone is 2. The van der Waals surface area contributed by atoms with Crippen LogP contribution < -0.4 is 10.6 Å². The lowest BCUT2D eigenvalue weighted by atomic mass is 9.63. The van der Waals surface area contributed by atoms with Gasteiger partial charge in [-0.15, -0.1) is 0 Å². The Morgan fingerprint density at radius 2 is 1.33 bits per heavy atom. The second-order valence-electron chi connectivity index (χ2n) is 10.5. The summed E-state index contributed by atoms with van der Waals surface area (Å²) in [5.41, 5.74) is 1.37. The molecule has 7 heteroatoms. The third-order valence-corrected chi connectivity index (χ3v) is 8.60. The Balaban J connectivity index is 1.06. The summed E-state index contributed by atoms with van der Waals surface area (Å²) in [5.74, 6) is 1.25. The van der Waals surface area contributed by atoms with Crippen molar-refractivity contribution >= 4 is 35.0 Å². The summed E-state index contributed by atoms with van der Waals surface area (Å²) >= 11 is 0. The van der Waals surface area contributed by atoms with Crippen molar-refractivity contribution in [1.82, 2.24) is 4.90 Å². The number of nitrogens with zero attached hydrogens (tertiary/aromatic N) is 1. The predicted octanol–water partition coefficient (Wildman–Crippen LogP) is 3.20. The number of nitrogens with one attached hydrogen (secondary N) is 2. The molecule has 0 spiro atoms. The van der Waals surface area contributed by atoms with E-state index in [0.717, 1.165) is 0 Å². The highest BCUT2D eigenvalue weighted by molar-refractivity contribution is 6.06. The number of amides is 4. The van der Waals surface area contributed by atoms with Crippen LogP contribution in [0.1, 0.15) is 39.0 Å². The maximum Gasteiger partial charge on any atom is 0.233 e. The van der Waals surface area contributed by atoms with Crippen LogP contribution in [0.5, 0.6) is 0 Å². The molecule has 7 rings (SSSR count). The maximum atomic E-state index is 13.3. The minimum atomic E-state index is -0.141. The van der Waals surface area contributed by atoms with Crippen LogP contribution in [-0.4, -0.2) is 34.6 Å². The Kier molecular flexibility index (Phi) is 4.71. The van der Waals surface area contributed by atoms with Crippen molar-refractivity contribution in [3.05, 3.63) is 36.4 Å². The largest absolute Gasteiger partial charge is 0.326 e. The number of hydrogen-bond acceptors (Lipinski definition) is 4. The van der Waals surface area contributed by atoms with Crippen LogP contribution in [-0.2, 0) is 19.2 Å². The summed E-state index contributed by atoms with van der Waals surface area (Å²) in [4.78, 5) is 52.2. The van der Waals surface area contributed by atoms with Crippen LogP contribution in [0.2, 0.25) is 0 Å². The SMILES string of the molecule is CC(=O)Nc1ccc(NC(=O)C2CCC(N3C(=O)[C@@H]4[C@@H]5C=C[C@H]([C@@H]6C[C@H]56)[C@@H]4C3=O)CC2)cc1. The van der Waals surface area contributed by atoms with Crippen molar-refractivity contribution in [2.24, 2.45) is 41.4 Å². The number of carbonyl (C=O) groups is 4. The van der Waals surface area contributed by atoms with Gasteiger partial charge in [-0.05, 0) is 80.0 Å². The molecule has 1 saturated heterocycles. The molecule has 1 aromatic carbocycles. The highest BCUT2D eigenvalue weighted by Gasteiger charge is 2.67. The topological polar surface area (TPSA) is 95.6 Å². The molecule has 6 atom stereocenters. The first-order valence-corrected chi connectivity index (χ1v) is 12.2. The van der Waals surface area contributed by atoms with Gasteiger partial charge >= 0.3 is 0 Å². The summed E-state index contributed by atoms with van der Waals surface area (Å²) in [6.07, 6.45) is 8.30. The van der Waals surface area contributed by atoms with E-state index < -0.39 is 0 Å². The highest BCUT2D eigenvalue weighted by Crippen LogP contribution is 2.65. The molecule has 7 nitrogen and oxygen atoms in total. The van der Waals surface area contributed by atoms with Gasteiger partial charge in [0.05, 0.1) is 11.8 Å². The lowest BCUT2D eigenvalue weighted by Gasteiger charge is -2.37. The van der Waals surface area contributed by atoms with E-state index in [1.807, 2.05) is 0 Å². The van der Waals surface area contributed by atoms with Crippen LogP contribution in [0, 0.1) is 41.4 Å². The fraction of sp³-hybridized carbons (Fsp3) is 0.538. The van der Waals surface area contributed by atoms with E-state index >= 15 is 0 Å². The molecule has 6 aliphatic rings. The minimum absolute atomic E-state index is 0.0317. The van der Waals surface area contributed by atoms with Gasteiger partial charge in [0, 0.05) is 30.3 Å². The molecule has 172 valence electrons. The van der Waals surface area contributed by atoms with Crippen LogP contribution in [0.25, 0.3) is 0 Å². The fourth-order valence-corrected chi connectivity index (χ4v) is 7.02. The Morgan fingerprint density at radius 3 is 1.85 bits per heavy atom. The first kappa shape index (κ1) is 20.6. The average Bonchev–Trinajstić information content (AvgIpc) is 3.58. The molecule has 0 aromatic heterocycles. The second-order valence-corrected chi connectivity index (χ2v) is 10.5. The number of anilines is 2. The van der Waals surface area contributed by atoms with Gasteiger partial charge in [0.25, 0.3) is 0 Å². The van der Waals surface area contributed by atoms with Crippen LogP contribution in [0.3, 0.4) is 0 Å². The van der Waals surface area contributed by atoms with Gasteiger partial charge in [0.15, 0.2) is 0 Å². The molecular weight excluding hydrogens is 418 g/mol.